The molecule has 0 aromatic heterocycles. The Kier molecular flexibility index (Phi) is 6.90. The Morgan fingerprint density at radius 2 is 1.30 bits per heavy atom. The second-order valence-corrected chi connectivity index (χ2v) is 9.46. The summed E-state index contributed by atoms with van der Waals surface area (Å²) < 4.78 is 0. The number of rotatable bonds is 5. The van der Waals surface area contributed by atoms with E-state index in [-0.39, 0.29) is 0 Å². The molecule has 0 amide bonds. The summed E-state index contributed by atoms with van der Waals surface area (Å²) in [4.78, 5) is 0. The maximum Gasteiger partial charge on any atom is -0.0352 e. The van der Waals surface area contributed by atoms with Crippen LogP contribution in [0.25, 0.3) is 0 Å². The van der Waals surface area contributed by atoms with E-state index in [1.165, 1.54) is 51.4 Å². The molecule has 0 bridgehead atoms. The molecule has 134 valence electrons. The zero-order chi connectivity index (χ0) is 16.1. The lowest BCUT2D eigenvalue weighted by molar-refractivity contribution is 0.0353. The Hall–Kier alpha value is 0. The summed E-state index contributed by atoms with van der Waals surface area (Å²) in [6, 6.07) is 0. The Morgan fingerprint density at radius 1 is 0.696 bits per heavy atom. The topological polar surface area (TPSA) is 0 Å². The van der Waals surface area contributed by atoms with Crippen LogP contribution in [-0.2, 0) is 0 Å². The van der Waals surface area contributed by atoms with Crippen molar-refractivity contribution in [1.82, 2.24) is 0 Å². The highest BCUT2D eigenvalue weighted by atomic mass is 14.5. The summed E-state index contributed by atoms with van der Waals surface area (Å²) in [5.74, 6) is 6.46. The highest BCUT2D eigenvalue weighted by Crippen LogP contribution is 2.50. The molecule has 3 aliphatic rings. The Morgan fingerprint density at radius 3 is 1.91 bits per heavy atom. The van der Waals surface area contributed by atoms with Crippen LogP contribution in [0.2, 0.25) is 0 Å². The smallest absolute Gasteiger partial charge is 0.0352 e. The monoisotopic (exact) mass is 318 g/mol. The van der Waals surface area contributed by atoms with Gasteiger partial charge in [0.05, 0.1) is 0 Å². The molecular weight excluding hydrogens is 276 g/mol. The molecule has 0 nitrogen and oxygen atoms in total. The van der Waals surface area contributed by atoms with E-state index in [1.807, 2.05) is 0 Å². The van der Waals surface area contributed by atoms with Crippen LogP contribution in [0.3, 0.4) is 0 Å². The van der Waals surface area contributed by atoms with Crippen LogP contribution in [0, 0.1) is 35.5 Å². The van der Waals surface area contributed by atoms with Crippen LogP contribution in [0.5, 0.6) is 0 Å². The van der Waals surface area contributed by atoms with Gasteiger partial charge in [0.2, 0.25) is 0 Å². The molecule has 0 heteroatoms. The maximum atomic E-state index is 2.59. The van der Waals surface area contributed by atoms with Crippen molar-refractivity contribution in [2.75, 3.05) is 0 Å². The minimum Gasteiger partial charge on any atom is -0.0654 e. The third kappa shape index (κ3) is 4.55. The van der Waals surface area contributed by atoms with Gasteiger partial charge in [-0.3, -0.25) is 0 Å². The number of hydrogen-bond acceptors (Lipinski definition) is 0. The Labute approximate surface area is 146 Å². The third-order valence-electron chi connectivity index (χ3n) is 8.04. The molecule has 0 spiro atoms. The van der Waals surface area contributed by atoms with Crippen molar-refractivity contribution in [3.05, 3.63) is 0 Å². The van der Waals surface area contributed by atoms with E-state index < -0.39 is 0 Å². The summed E-state index contributed by atoms with van der Waals surface area (Å²) in [6.07, 6.45) is 23.1. The van der Waals surface area contributed by atoms with Crippen molar-refractivity contribution in [2.45, 2.75) is 110 Å². The van der Waals surface area contributed by atoms with Crippen molar-refractivity contribution >= 4 is 0 Å². The molecule has 3 rings (SSSR count). The van der Waals surface area contributed by atoms with Gasteiger partial charge in [0, 0.05) is 0 Å². The molecule has 23 heavy (non-hydrogen) atoms. The van der Waals surface area contributed by atoms with Gasteiger partial charge in [-0.2, -0.15) is 0 Å². The van der Waals surface area contributed by atoms with Gasteiger partial charge in [-0.15, -0.1) is 0 Å². The van der Waals surface area contributed by atoms with Crippen molar-refractivity contribution in [2.24, 2.45) is 35.5 Å². The van der Waals surface area contributed by atoms with Gasteiger partial charge in [0.25, 0.3) is 0 Å². The van der Waals surface area contributed by atoms with E-state index in [0.29, 0.717) is 0 Å². The first-order valence-electron chi connectivity index (χ1n) is 11.3. The average Bonchev–Trinajstić information content (AvgIpc) is 2.63. The predicted octanol–water partition coefficient (Wildman–Crippen LogP) is 7.62. The molecule has 3 aliphatic carbocycles. The molecule has 0 saturated heterocycles. The van der Waals surface area contributed by atoms with E-state index in [4.69, 9.17) is 0 Å². The van der Waals surface area contributed by atoms with Gasteiger partial charge in [0.1, 0.15) is 0 Å². The average molecular weight is 319 g/mol. The third-order valence-corrected chi connectivity index (χ3v) is 8.04. The standard InChI is InChI=1S/C23H42/c1-3-10-18(2)22-16-15-21(19-11-6-4-7-12-19)17-23(22)20-13-8-5-9-14-20/h18-23H,3-17H2,1-2H3. The minimum absolute atomic E-state index is 0.985. The summed E-state index contributed by atoms with van der Waals surface area (Å²) in [5, 5.41) is 0. The Balaban J connectivity index is 1.66. The molecule has 4 atom stereocenters. The largest absolute Gasteiger partial charge is 0.0654 e. The van der Waals surface area contributed by atoms with Gasteiger partial charge in [-0.25, -0.2) is 0 Å². The fourth-order valence-electron chi connectivity index (χ4n) is 6.78. The minimum atomic E-state index is 0.985. The van der Waals surface area contributed by atoms with Crippen LogP contribution >= 0.6 is 0 Å². The van der Waals surface area contributed by atoms with Crippen molar-refractivity contribution < 1.29 is 0 Å². The quantitative estimate of drug-likeness (QED) is 0.489. The van der Waals surface area contributed by atoms with Crippen LogP contribution in [-0.4, -0.2) is 0 Å². The van der Waals surface area contributed by atoms with Gasteiger partial charge >= 0.3 is 0 Å². The van der Waals surface area contributed by atoms with Crippen LogP contribution < -0.4 is 0 Å². The first-order valence-corrected chi connectivity index (χ1v) is 11.3. The van der Waals surface area contributed by atoms with E-state index in [1.54, 1.807) is 44.9 Å². The zero-order valence-electron chi connectivity index (χ0n) is 16.1. The van der Waals surface area contributed by atoms with Crippen molar-refractivity contribution in [1.29, 1.82) is 0 Å². The second kappa shape index (κ2) is 8.91. The molecule has 0 radical (unpaired) electrons. The molecule has 3 saturated carbocycles. The van der Waals surface area contributed by atoms with Gasteiger partial charge < -0.3 is 0 Å². The predicted molar refractivity (Wildman–Crippen MR) is 102 cm³/mol. The summed E-state index contributed by atoms with van der Waals surface area (Å²) in [6.45, 7) is 4.98. The maximum absolute atomic E-state index is 2.59. The molecule has 0 heterocycles. The van der Waals surface area contributed by atoms with Crippen molar-refractivity contribution in [3.63, 3.8) is 0 Å². The van der Waals surface area contributed by atoms with E-state index in [0.717, 1.165) is 35.5 Å². The summed E-state index contributed by atoms with van der Waals surface area (Å²) in [7, 11) is 0. The van der Waals surface area contributed by atoms with Gasteiger partial charge in [-0.1, -0.05) is 90.9 Å². The summed E-state index contributed by atoms with van der Waals surface area (Å²) >= 11 is 0. The van der Waals surface area contributed by atoms with Crippen molar-refractivity contribution in [3.8, 4) is 0 Å². The van der Waals surface area contributed by atoms with Crippen LogP contribution in [0.15, 0.2) is 0 Å². The van der Waals surface area contributed by atoms with E-state index in [2.05, 4.69) is 13.8 Å². The summed E-state index contributed by atoms with van der Waals surface area (Å²) in [5.41, 5.74) is 0. The van der Waals surface area contributed by atoms with Gasteiger partial charge in [-0.05, 0) is 54.8 Å². The fraction of sp³-hybridized carbons (Fsp3) is 1.00. The first kappa shape index (κ1) is 17.8. The highest BCUT2D eigenvalue weighted by Gasteiger charge is 2.40. The fourth-order valence-corrected chi connectivity index (χ4v) is 6.78. The lowest BCUT2D eigenvalue weighted by Gasteiger charge is -2.47. The highest BCUT2D eigenvalue weighted by molar-refractivity contribution is 4.90. The van der Waals surface area contributed by atoms with Gasteiger partial charge in [0.15, 0.2) is 0 Å². The van der Waals surface area contributed by atoms with E-state index in [9.17, 15) is 0 Å². The lowest BCUT2D eigenvalue weighted by atomic mass is 9.59. The number of hydrogen-bond donors (Lipinski definition) is 0. The normalized spacial score (nSPS) is 36.0. The van der Waals surface area contributed by atoms with Crippen LogP contribution in [0.4, 0.5) is 0 Å². The van der Waals surface area contributed by atoms with E-state index >= 15 is 0 Å². The SMILES string of the molecule is CCCC(C)C1CCC(C2CCCCC2)CC1C1CCCCC1. The molecular formula is C23H42. The molecule has 0 aromatic rings. The molecule has 4 unspecified atom stereocenters. The van der Waals surface area contributed by atoms with Crippen LogP contribution in [0.1, 0.15) is 110 Å². The lowest BCUT2D eigenvalue weighted by Crippen LogP contribution is -2.37. The molecule has 0 aliphatic heterocycles. The molecule has 0 N–H and O–H groups in total. The first-order chi connectivity index (χ1) is 11.3. The zero-order valence-corrected chi connectivity index (χ0v) is 16.1. The second-order valence-electron chi connectivity index (χ2n) is 9.46. The Bertz CT molecular complexity index is 321. The molecule has 0 aromatic carbocycles. The molecule has 3 fully saturated rings.